The van der Waals surface area contributed by atoms with Crippen LogP contribution in [0, 0.1) is 0 Å². The van der Waals surface area contributed by atoms with Crippen molar-refractivity contribution in [3.05, 3.63) is 68.7 Å². The molecular weight excluding hydrogens is 508 g/mol. The second-order valence-electron chi connectivity index (χ2n) is 12.2. The minimum Gasteiger partial charge on any atom is -0.395 e. The van der Waals surface area contributed by atoms with Crippen LogP contribution >= 0.6 is 11.6 Å². The maximum atomic E-state index is 13.2. The lowest BCUT2D eigenvalue weighted by Crippen LogP contribution is -2.47. The number of β-amino-alcohol motifs (C(OH)–C–C–N with tert-alkyl or cyclic N) is 1. The van der Waals surface area contributed by atoms with E-state index in [1.54, 1.807) is 6.07 Å². The quantitative estimate of drug-likeness (QED) is 0.485. The molecule has 206 valence electrons. The highest BCUT2D eigenvalue weighted by molar-refractivity contribution is 6.35. The predicted octanol–water partition coefficient (Wildman–Crippen LogP) is 5.24. The number of likely N-dealkylation sites (tertiary alicyclic amines) is 2. The molecule has 1 saturated carbocycles. The van der Waals surface area contributed by atoms with Crippen molar-refractivity contribution in [3.63, 3.8) is 0 Å². The van der Waals surface area contributed by atoms with Gasteiger partial charge in [-0.3, -0.25) is 9.36 Å². The molecule has 4 heterocycles. The highest BCUT2D eigenvalue weighted by Gasteiger charge is 2.46. The Labute approximate surface area is 235 Å². The number of aliphatic hydroxyl groups excluding tert-OH is 1. The van der Waals surface area contributed by atoms with Gasteiger partial charge in [-0.05, 0) is 99.9 Å². The Bertz CT molecular complexity index is 1430. The van der Waals surface area contributed by atoms with Gasteiger partial charge in [-0.1, -0.05) is 49.1 Å². The minimum atomic E-state index is -0.200. The molecule has 0 radical (unpaired) electrons. The number of aliphatic hydroxyl groups is 1. The van der Waals surface area contributed by atoms with Crippen LogP contribution in [0.25, 0.3) is 16.6 Å². The molecule has 3 aromatic rings. The number of halogens is 1. The zero-order chi connectivity index (χ0) is 26.6. The lowest BCUT2D eigenvalue weighted by atomic mass is 9.69. The van der Waals surface area contributed by atoms with Crippen molar-refractivity contribution < 1.29 is 5.11 Å². The third-order valence-corrected chi connectivity index (χ3v) is 10.6. The lowest BCUT2D eigenvalue weighted by Gasteiger charge is -2.42. The average Bonchev–Trinajstić information content (AvgIpc) is 3.22. The first kappa shape index (κ1) is 25.7. The van der Waals surface area contributed by atoms with Crippen LogP contribution in [0.15, 0.2) is 41.2 Å². The van der Waals surface area contributed by atoms with Crippen molar-refractivity contribution in [2.24, 2.45) is 0 Å². The van der Waals surface area contributed by atoms with Gasteiger partial charge in [-0.25, -0.2) is 0 Å². The highest BCUT2D eigenvalue weighted by Crippen LogP contribution is 2.52. The fourth-order valence-corrected chi connectivity index (χ4v) is 8.45. The SMILES string of the molecule is O=c1nc2n(c3cccc(Cl)c13)-c1cc(C3CCN(C4CCN(CCO)CC4)CC3)ccc1C21CCCCC1. The minimum absolute atomic E-state index is 0.171. The van der Waals surface area contributed by atoms with Gasteiger partial charge in [0.1, 0.15) is 5.82 Å². The van der Waals surface area contributed by atoms with Gasteiger partial charge in [-0.2, -0.15) is 4.98 Å². The fourth-order valence-electron chi connectivity index (χ4n) is 8.20. The van der Waals surface area contributed by atoms with Crippen LogP contribution in [0.1, 0.15) is 80.7 Å². The Kier molecular flexibility index (Phi) is 6.79. The fraction of sp³-hybridized carbons (Fsp3) is 0.562. The van der Waals surface area contributed by atoms with E-state index in [1.807, 2.05) is 12.1 Å². The first-order valence-electron chi connectivity index (χ1n) is 15.0. The van der Waals surface area contributed by atoms with E-state index >= 15 is 0 Å². The zero-order valence-electron chi connectivity index (χ0n) is 22.7. The maximum Gasteiger partial charge on any atom is 0.282 e. The number of hydrogen-bond donors (Lipinski definition) is 1. The van der Waals surface area contributed by atoms with Crippen molar-refractivity contribution in [2.75, 3.05) is 39.3 Å². The molecular formula is C32H39ClN4O2. The Morgan fingerprint density at radius 2 is 1.74 bits per heavy atom. The summed E-state index contributed by atoms with van der Waals surface area (Å²) in [5, 5.41) is 10.3. The summed E-state index contributed by atoms with van der Waals surface area (Å²) in [6, 6.07) is 13.6. The summed E-state index contributed by atoms with van der Waals surface area (Å²) in [6.45, 7) is 5.58. The predicted molar refractivity (Wildman–Crippen MR) is 156 cm³/mol. The van der Waals surface area contributed by atoms with Gasteiger partial charge >= 0.3 is 0 Å². The van der Waals surface area contributed by atoms with Crippen molar-refractivity contribution >= 4 is 22.5 Å². The molecule has 39 heavy (non-hydrogen) atoms. The molecule has 1 N–H and O–H groups in total. The molecule has 7 rings (SSSR count). The van der Waals surface area contributed by atoms with Crippen LogP contribution in [0.2, 0.25) is 5.02 Å². The number of benzene rings is 2. The van der Waals surface area contributed by atoms with Gasteiger partial charge in [0.15, 0.2) is 0 Å². The van der Waals surface area contributed by atoms with Crippen LogP contribution in [-0.4, -0.2) is 69.8 Å². The van der Waals surface area contributed by atoms with Gasteiger partial charge in [0.25, 0.3) is 5.56 Å². The number of rotatable bonds is 4. The highest BCUT2D eigenvalue weighted by atomic mass is 35.5. The normalized spacial score (nSPS) is 22.4. The van der Waals surface area contributed by atoms with Crippen LogP contribution in [-0.2, 0) is 5.41 Å². The Hall–Kier alpha value is -2.25. The van der Waals surface area contributed by atoms with Crippen molar-refractivity contribution in [2.45, 2.75) is 75.2 Å². The van der Waals surface area contributed by atoms with Gasteiger partial charge in [-0.15, -0.1) is 0 Å². The smallest absolute Gasteiger partial charge is 0.282 e. The van der Waals surface area contributed by atoms with Crippen molar-refractivity contribution in [1.82, 2.24) is 19.4 Å². The molecule has 1 aliphatic carbocycles. The molecule has 1 aromatic heterocycles. The summed E-state index contributed by atoms with van der Waals surface area (Å²) in [6.07, 6.45) is 10.5. The average molecular weight is 547 g/mol. The van der Waals surface area contributed by atoms with Crippen LogP contribution in [0.3, 0.4) is 0 Å². The van der Waals surface area contributed by atoms with Crippen LogP contribution < -0.4 is 5.56 Å². The van der Waals surface area contributed by atoms with Gasteiger partial charge < -0.3 is 14.9 Å². The van der Waals surface area contributed by atoms with E-state index in [-0.39, 0.29) is 17.6 Å². The Balaban J connectivity index is 1.20. The van der Waals surface area contributed by atoms with Gasteiger partial charge in [0.05, 0.1) is 33.6 Å². The molecule has 0 atom stereocenters. The van der Waals surface area contributed by atoms with E-state index in [0.29, 0.717) is 22.4 Å². The summed E-state index contributed by atoms with van der Waals surface area (Å²) >= 11 is 6.55. The number of nitrogens with zero attached hydrogens (tertiary/aromatic N) is 4. The third kappa shape index (κ3) is 4.26. The van der Waals surface area contributed by atoms with Crippen LogP contribution in [0.4, 0.5) is 0 Å². The number of fused-ring (bicyclic) bond motifs is 7. The topological polar surface area (TPSA) is 61.6 Å². The van der Waals surface area contributed by atoms with E-state index in [1.165, 1.54) is 61.8 Å². The van der Waals surface area contributed by atoms with Crippen molar-refractivity contribution in [3.8, 4) is 5.69 Å². The molecule has 0 unspecified atom stereocenters. The first-order valence-corrected chi connectivity index (χ1v) is 15.4. The molecule has 6 nitrogen and oxygen atoms in total. The second kappa shape index (κ2) is 10.3. The summed E-state index contributed by atoms with van der Waals surface area (Å²) in [4.78, 5) is 23.1. The second-order valence-corrected chi connectivity index (χ2v) is 12.6. The van der Waals surface area contributed by atoms with E-state index in [4.69, 9.17) is 16.6 Å². The largest absolute Gasteiger partial charge is 0.395 e. The van der Waals surface area contributed by atoms with Gasteiger partial charge in [0, 0.05) is 12.6 Å². The standard InChI is InChI=1S/C32H39ClN4O2/c33-26-5-4-6-27-29(26)30(39)34-31-32(13-2-1-3-14-32)25-8-7-23(21-28(25)37(27)31)22-9-17-36(18-10-22)24-11-15-35(16-12-24)19-20-38/h4-8,21-22,24,38H,1-3,9-20H2. The summed E-state index contributed by atoms with van der Waals surface area (Å²) in [5.74, 6) is 1.48. The molecule has 7 heteroatoms. The number of aromatic nitrogens is 2. The monoisotopic (exact) mass is 546 g/mol. The van der Waals surface area contributed by atoms with E-state index in [0.717, 1.165) is 56.9 Å². The Morgan fingerprint density at radius 3 is 2.49 bits per heavy atom. The van der Waals surface area contributed by atoms with Crippen LogP contribution in [0.5, 0.6) is 0 Å². The molecule has 0 amide bonds. The lowest BCUT2D eigenvalue weighted by molar-refractivity contribution is 0.0793. The van der Waals surface area contributed by atoms with Gasteiger partial charge in [0.2, 0.25) is 0 Å². The van der Waals surface area contributed by atoms with E-state index in [2.05, 4.69) is 32.6 Å². The van der Waals surface area contributed by atoms with E-state index in [9.17, 15) is 9.90 Å². The molecule has 2 saturated heterocycles. The number of hydrogen-bond acceptors (Lipinski definition) is 5. The number of piperidine rings is 2. The van der Waals surface area contributed by atoms with E-state index < -0.39 is 0 Å². The molecule has 1 spiro atoms. The molecule has 3 aliphatic heterocycles. The molecule has 3 fully saturated rings. The maximum absolute atomic E-state index is 13.2. The summed E-state index contributed by atoms with van der Waals surface area (Å²) in [5.41, 5.74) is 4.49. The first-order chi connectivity index (χ1) is 19.1. The third-order valence-electron chi connectivity index (χ3n) is 10.3. The molecule has 4 aliphatic rings. The molecule has 0 bridgehead atoms. The van der Waals surface area contributed by atoms with Crippen molar-refractivity contribution in [1.29, 1.82) is 0 Å². The summed E-state index contributed by atoms with van der Waals surface area (Å²) < 4.78 is 2.28. The zero-order valence-corrected chi connectivity index (χ0v) is 23.5. The summed E-state index contributed by atoms with van der Waals surface area (Å²) in [7, 11) is 0. The molecule has 2 aromatic carbocycles. The Morgan fingerprint density at radius 1 is 0.974 bits per heavy atom.